The van der Waals surface area contributed by atoms with Crippen LogP contribution in [0.2, 0.25) is 0 Å². The zero-order chi connectivity index (χ0) is 15.6. The van der Waals surface area contributed by atoms with Crippen LogP contribution in [0.4, 0.5) is 5.69 Å². The molecule has 21 heavy (non-hydrogen) atoms. The van der Waals surface area contributed by atoms with Crippen molar-refractivity contribution in [3.8, 4) is 0 Å². The fourth-order valence-electron chi connectivity index (χ4n) is 2.30. The molecule has 1 fully saturated rings. The van der Waals surface area contributed by atoms with Gasteiger partial charge in [0, 0.05) is 23.1 Å². The van der Waals surface area contributed by atoms with E-state index in [4.69, 9.17) is 5.73 Å². The molecule has 0 radical (unpaired) electrons. The summed E-state index contributed by atoms with van der Waals surface area (Å²) in [7, 11) is 0. The molecular formula is C15H20BrN3O2. The summed E-state index contributed by atoms with van der Waals surface area (Å²) in [5.74, 6) is -1.04. The number of halogens is 1. The molecule has 1 aliphatic rings. The van der Waals surface area contributed by atoms with Crippen molar-refractivity contribution in [1.29, 1.82) is 0 Å². The number of benzene rings is 1. The molecule has 1 heterocycles. The van der Waals surface area contributed by atoms with E-state index in [9.17, 15) is 9.59 Å². The van der Waals surface area contributed by atoms with Gasteiger partial charge >= 0.3 is 0 Å². The largest absolute Gasteiger partial charge is 0.349 e. The number of carbonyl (C=O) groups excluding carboxylic acids is 2. The summed E-state index contributed by atoms with van der Waals surface area (Å²) in [4.78, 5) is 26.4. The number of rotatable bonds is 4. The van der Waals surface area contributed by atoms with Gasteiger partial charge in [-0.3, -0.25) is 9.59 Å². The standard InChI is InChI=1S/C15H20BrN3O2/c1-15(2,9-17)18-13(20)10-7-8-19(14(10)21)12-6-4-3-5-11(12)16/h3-6,10H,7-9,17H2,1-2H3,(H,18,20). The topological polar surface area (TPSA) is 75.4 Å². The van der Waals surface area contributed by atoms with Gasteiger partial charge in [-0.05, 0) is 48.3 Å². The van der Waals surface area contributed by atoms with E-state index in [1.54, 1.807) is 4.90 Å². The highest BCUT2D eigenvalue weighted by Gasteiger charge is 2.39. The minimum Gasteiger partial charge on any atom is -0.349 e. The Hall–Kier alpha value is -1.40. The monoisotopic (exact) mass is 353 g/mol. The molecule has 0 spiro atoms. The molecule has 6 heteroatoms. The molecule has 3 N–H and O–H groups in total. The van der Waals surface area contributed by atoms with Crippen LogP contribution < -0.4 is 16.0 Å². The fraction of sp³-hybridized carbons (Fsp3) is 0.467. The molecule has 2 rings (SSSR count). The number of nitrogens with zero attached hydrogens (tertiary/aromatic N) is 1. The molecule has 1 aromatic rings. The summed E-state index contributed by atoms with van der Waals surface area (Å²) < 4.78 is 0.849. The maximum Gasteiger partial charge on any atom is 0.239 e. The molecule has 5 nitrogen and oxygen atoms in total. The van der Waals surface area contributed by atoms with Crippen LogP contribution in [0.25, 0.3) is 0 Å². The number of carbonyl (C=O) groups is 2. The summed E-state index contributed by atoms with van der Waals surface area (Å²) >= 11 is 3.44. The zero-order valence-electron chi connectivity index (χ0n) is 12.2. The Morgan fingerprint density at radius 3 is 2.76 bits per heavy atom. The Morgan fingerprint density at radius 1 is 1.48 bits per heavy atom. The average molecular weight is 354 g/mol. The SMILES string of the molecule is CC(C)(CN)NC(=O)C1CCN(c2ccccc2Br)C1=O. The van der Waals surface area contributed by atoms with Gasteiger partial charge in [0.15, 0.2) is 0 Å². The number of hydrogen-bond donors (Lipinski definition) is 2. The first-order valence-corrected chi connectivity index (χ1v) is 7.73. The van der Waals surface area contributed by atoms with Crippen LogP contribution in [0.1, 0.15) is 20.3 Å². The normalized spacial score (nSPS) is 19.0. The first-order chi connectivity index (χ1) is 9.85. The van der Waals surface area contributed by atoms with E-state index in [2.05, 4.69) is 21.2 Å². The number of amides is 2. The van der Waals surface area contributed by atoms with E-state index >= 15 is 0 Å². The van der Waals surface area contributed by atoms with Crippen molar-refractivity contribution < 1.29 is 9.59 Å². The van der Waals surface area contributed by atoms with Gasteiger partial charge in [-0.15, -0.1) is 0 Å². The van der Waals surface area contributed by atoms with Crippen molar-refractivity contribution in [2.45, 2.75) is 25.8 Å². The number of hydrogen-bond acceptors (Lipinski definition) is 3. The van der Waals surface area contributed by atoms with Gasteiger partial charge in [-0.2, -0.15) is 0 Å². The maximum atomic E-state index is 12.5. The third-order valence-corrected chi connectivity index (χ3v) is 4.31. The van der Waals surface area contributed by atoms with Crippen molar-refractivity contribution >= 4 is 33.4 Å². The summed E-state index contributed by atoms with van der Waals surface area (Å²) in [6.07, 6.45) is 0.520. The molecule has 1 saturated heterocycles. The van der Waals surface area contributed by atoms with E-state index in [0.717, 1.165) is 10.2 Å². The predicted molar refractivity (Wildman–Crippen MR) is 85.9 cm³/mol. The summed E-state index contributed by atoms with van der Waals surface area (Å²) in [6.45, 7) is 4.56. The fourth-order valence-corrected chi connectivity index (χ4v) is 2.80. The summed E-state index contributed by atoms with van der Waals surface area (Å²) in [5, 5.41) is 2.84. The molecule has 0 saturated carbocycles. The molecule has 114 valence electrons. The van der Waals surface area contributed by atoms with Crippen LogP contribution in [-0.2, 0) is 9.59 Å². The Labute approximate surface area is 133 Å². The second-order valence-electron chi connectivity index (χ2n) is 5.86. The highest BCUT2D eigenvalue weighted by Crippen LogP contribution is 2.31. The Bertz CT molecular complexity index is 560. The Kier molecular flexibility index (Phi) is 4.68. The minimum atomic E-state index is -0.636. The molecular weight excluding hydrogens is 334 g/mol. The van der Waals surface area contributed by atoms with Gasteiger partial charge in [0.25, 0.3) is 0 Å². The number of para-hydroxylation sites is 1. The molecule has 1 unspecified atom stereocenters. The van der Waals surface area contributed by atoms with Crippen molar-refractivity contribution in [2.24, 2.45) is 11.7 Å². The van der Waals surface area contributed by atoms with E-state index in [1.165, 1.54) is 0 Å². The van der Waals surface area contributed by atoms with E-state index in [-0.39, 0.29) is 11.8 Å². The second kappa shape index (κ2) is 6.15. The van der Waals surface area contributed by atoms with E-state index in [0.29, 0.717) is 19.5 Å². The van der Waals surface area contributed by atoms with Crippen molar-refractivity contribution in [3.63, 3.8) is 0 Å². The Balaban J connectivity index is 2.12. The van der Waals surface area contributed by atoms with Gasteiger partial charge in [-0.1, -0.05) is 12.1 Å². The average Bonchev–Trinajstić information content (AvgIpc) is 2.81. The first kappa shape index (κ1) is 16.0. The third-order valence-electron chi connectivity index (χ3n) is 3.64. The summed E-state index contributed by atoms with van der Waals surface area (Å²) in [5.41, 5.74) is 5.91. The number of nitrogens with two attached hydrogens (primary N) is 1. The minimum absolute atomic E-state index is 0.160. The molecule has 1 atom stereocenters. The second-order valence-corrected chi connectivity index (χ2v) is 6.71. The van der Waals surface area contributed by atoms with Crippen LogP contribution >= 0.6 is 15.9 Å². The lowest BCUT2D eigenvalue weighted by Gasteiger charge is -2.26. The lowest BCUT2D eigenvalue weighted by atomic mass is 10.0. The molecule has 2 amide bonds. The molecule has 0 aliphatic carbocycles. The van der Waals surface area contributed by atoms with Gasteiger partial charge in [0.1, 0.15) is 5.92 Å². The zero-order valence-corrected chi connectivity index (χ0v) is 13.8. The highest BCUT2D eigenvalue weighted by atomic mass is 79.9. The van der Waals surface area contributed by atoms with Crippen LogP contribution in [0.15, 0.2) is 28.7 Å². The lowest BCUT2D eigenvalue weighted by molar-refractivity contribution is -0.133. The highest BCUT2D eigenvalue weighted by molar-refractivity contribution is 9.10. The number of nitrogens with one attached hydrogen (secondary N) is 1. The molecule has 1 aromatic carbocycles. The summed E-state index contributed by atoms with van der Waals surface area (Å²) in [6, 6.07) is 7.51. The van der Waals surface area contributed by atoms with E-state index < -0.39 is 11.5 Å². The van der Waals surface area contributed by atoms with Crippen molar-refractivity contribution in [3.05, 3.63) is 28.7 Å². The molecule has 1 aliphatic heterocycles. The van der Waals surface area contributed by atoms with Crippen LogP contribution in [0, 0.1) is 5.92 Å². The Morgan fingerprint density at radius 2 is 2.14 bits per heavy atom. The maximum absolute atomic E-state index is 12.5. The first-order valence-electron chi connectivity index (χ1n) is 6.94. The van der Waals surface area contributed by atoms with Gasteiger partial charge in [0.05, 0.1) is 5.69 Å². The van der Waals surface area contributed by atoms with Crippen LogP contribution in [0.3, 0.4) is 0 Å². The van der Waals surface area contributed by atoms with E-state index in [1.807, 2.05) is 38.1 Å². The smallest absolute Gasteiger partial charge is 0.239 e. The van der Waals surface area contributed by atoms with Crippen molar-refractivity contribution in [1.82, 2.24) is 5.32 Å². The van der Waals surface area contributed by atoms with Crippen LogP contribution in [-0.4, -0.2) is 30.4 Å². The molecule has 0 aromatic heterocycles. The molecule has 0 bridgehead atoms. The lowest BCUT2D eigenvalue weighted by Crippen LogP contribution is -2.51. The quantitative estimate of drug-likeness (QED) is 0.808. The predicted octanol–water partition coefficient (Wildman–Crippen LogP) is 1.66. The van der Waals surface area contributed by atoms with Gasteiger partial charge < -0.3 is 16.0 Å². The van der Waals surface area contributed by atoms with Crippen LogP contribution in [0.5, 0.6) is 0 Å². The van der Waals surface area contributed by atoms with Crippen molar-refractivity contribution in [2.75, 3.05) is 18.0 Å². The van der Waals surface area contributed by atoms with Gasteiger partial charge in [-0.25, -0.2) is 0 Å². The third kappa shape index (κ3) is 3.44. The van der Waals surface area contributed by atoms with Gasteiger partial charge in [0.2, 0.25) is 11.8 Å². The number of anilines is 1.